The lowest BCUT2D eigenvalue weighted by Crippen LogP contribution is -2.41. The van der Waals surface area contributed by atoms with Crippen LogP contribution < -0.4 is 0 Å². The highest BCUT2D eigenvalue weighted by molar-refractivity contribution is 9.10. The molecule has 0 unspecified atom stereocenters. The second-order valence-electron chi connectivity index (χ2n) is 6.32. The normalized spacial score (nSPS) is 20.6. The van der Waals surface area contributed by atoms with E-state index in [2.05, 4.69) is 20.9 Å². The van der Waals surface area contributed by atoms with E-state index in [1.165, 1.54) is 0 Å². The summed E-state index contributed by atoms with van der Waals surface area (Å²) >= 11 is 8.75. The first-order chi connectivity index (χ1) is 10.7. The summed E-state index contributed by atoms with van der Waals surface area (Å²) in [5.74, 6) is 0. The smallest absolute Gasteiger partial charge is 0.398 e. The maximum atomic E-state index is 14.5. The lowest BCUT2D eigenvalue weighted by atomic mass is 9.87. The van der Waals surface area contributed by atoms with Gasteiger partial charge < -0.3 is 9.31 Å². The standard InChI is InChI=1S/C14H14BBrClF4NO2/c1-12(2)13(3,4)24-15(23-12)9(18)6-7-5-8(14(19,20)21)22-11(16)10(7)17/h5-6H,1-4H3. The molecule has 3 nitrogen and oxygen atoms in total. The molecule has 2 rings (SSSR count). The van der Waals surface area contributed by atoms with Crippen LogP contribution in [0.15, 0.2) is 16.4 Å². The number of halogens is 6. The number of hydrogen-bond acceptors (Lipinski definition) is 3. The highest BCUT2D eigenvalue weighted by Gasteiger charge is 2.53. The minimum atomic E-state index is -4.68. The number of pyridine rings is 1. The molecule has 0 amide bonds. The van der Waals surface area contributed by atoms with E-state index >= 15 is 0 Å². The fraction of sp³-hybridized carbons (Fsp3) is 0.500. The molecule has 2 heterocycles. The Morgan fingerprint density at radius 1 is 1.25 bits per heavy atom. The van der Waals surface area contributed by atoms with Crippen molar-refractivity contribution in [3.05, 3.63) is 32.7 Å². The van der Waals surface area contributed by atoms with E-state index in [-0.39, 0.29) is 15.2 Å². The number of aromatic nitrogens is 1. The molecule has 10 heteroatoms. The molecule has 0 spiro atoms. The molecule has 0 aliphatic carbocycles. The third-order valence-corrected chi connectivity index (χ3v) is 5.21. The van der Waals surface area contributed by atoms with Gasteiger partial charge in [-0.3, -0.25) is 0 Å². The topological polar surface area (TPSA) is 31.4 Å². The largest absolute Gasteiger partial charge is 0.525 e. The Morgan fingerprint density at radius 2 is 1.75 bits per heavy atom. The molecule has 0 aromatic carbocycles. The van der Waals surface area contributed by atoms with Gasteiger partial charge in [-0.25, -0.2) is 9.37 Å². The van der Waals surface area contributed by atoms with Crippen LogP contribution in [0.5, 0.6) is 0 Å². The molecule has 0 bridgehead atoms. The minimum absolute atomic E-state index is 0.144. The number of rotatable bonds is 2. The Morgan fingerprint density at radius 3 is 2.21 bits per heavy atom. The highest BCUT2D eigenvalue weighted by Crippen LogP contribution is 2.40. The van der Waals surface area contributed by atoms with Gasteiger partial charge in [-0.2, -0.15) is 13.2 Å². The molecule has 0 radical (unpaired) electrons. The molecule has 1 aliphatic heterocycles. The molecule has 1 aliphatic rings. The van der Waals surface area contributed by atoms with Crippen LogP contribution in [0.2, 0.25) is 5.02 Å². The fourth-order valence-electron chi connectivity index (χ4n) is 1.94. The second kappa shape index (κ2) is 6.27. The van der Waals surface area contributed by atoms with Gasteiger partial charge in [0.05, 0.1) is 16.2 Å². The van der Waals surface area contributed by atoms with Crippen LogP contribution in [0.3, 0.4) is 0 Å². The third-order valence-electron chi connectivity index (χ3n) is 4.01. The van der Waals surface area contributed by atoms with Crippen molar-refractivity contribution in [3.63, 3.8) is 0 Å². The molecule has 1 aromatic heterocycles. The predicted molar refractivity (Wildman–Crippen MR) is 87.1 cm³/mol. The molecule has 1 saturated heterocycles. The summed E-state index contributed by atoms with van der Waals surface area (Å²) in [5.41, 5.74) is -3.81. The average molecular weight is 430 g/mol. The Bertz CT molecular complexity index is 678. The van der Waals surface area contributed by atoms with E-state index < -0.39 is 35.9 Å². The van der Waals surface area contributed by atoms with E-state index in [4.69, 9.17) is 20.9 Å². The molecular weight excluding hydrogens is 416 g/mol. The van der Waals surface area contributed by atoms with Gasteiger partial charge in [-0.15, -0.1) is 0 Å². The molecule has 1 aromatic rings. The molecule has 1 fully saturated rings. The Kier molecular flexibility index (Phi) is 5.14. The first-order valence-electron chi connectivity index (χ1n) is 6.90. The quantitative estimate of drug-likeness (QED) is 0.355. The molecule has 24 heavy (non-hydrogen) atoms. The van der Waals surface area contributed by atoms with Crippen LogP contribution in [0.1, 0.15) is 39.0 Å². The molecule has 0 atom stereocenters. The van der Waals surface area contributed by atoms with Crippen molar-refractivity contribution < 1.29 is 26.9 Å². The van der Waals surface area contributed by atoms with Gasteiger partial charge in [0.25, 0.3) is 0 Å². The third kappa shape index (κ3) is 3.79. The van der Waals surface area contributed by atoms with Gasteiger partial charge in [0.15, 0.2) is 0 Å². The summed E-state index contributed by atoms with van der Waals surface area (Å²) in [6, 6.07) is 0.665. The van der Waals surface area contributed by atoms with E-state index in [0.717, 1.165) is 6.08 Å². The summed E-state index contributed by atoms with van der Waals surface area (Å²) in [4.78, 5) is 3.30. The van der Waals surface area contributed by atoms with Gasteiger partial charge in [-0.1, -0.05) is 11.6 Å². The lowest BCUT2D eigenvalue weighted by Gasteiger charge is -2.32. The second-order valence-corrected chi connectivity index (χ2v) is 7.45. The molecule has 0 N–H and O–H groups in total. The summed E-state index contributed by atoms with van der Waals surface area (Å²) in [7, 11) is -1.33. The zero-order valence-corrected chi connectivity index (χ0v) is 15.6. The summed E-state index contributed by atoms with van der Waals surface area (Å²) in [5, 5.41) is -0.144. The van der Waals surface area contributed by atoms with Gasteiger partial charge in [0.1, 0.15) is 16.0 Å². The van der Waals surface area contributed by atoms with Crippen molar-refractivity contribution in [1.82, 2.24) is 4.98 Å². The number of hydrogen-bond donors (Lipinski definition) is 0. The first-order valence-corrected chi connectivity index (χ1v) is 8.08. The average Bonchev–Trinajstić information content (AvgIpc) is 2.62. The van der Waals surface area contributed by atoms with E-state index in [1.807, 2.05) is 0 Å². The van der Waals surface area contributed by atoms with Gasteiger partial charge >= 0.3 is 13.3 Å². The predicted octanol–water partition coefficient (Wildman–Crippen LogP) is 5.46. The van der Waals surface area contributed by atoms with Gasteiger partial charge in [0.2, 0.25) is 0 Å². The molecule has 132 valence electrons. The van der Waals surface area contributed by atoms with E-state index in [0.29, 0.717) is 6.07 Å². The van der Waals surface area contributed by atoms with Crippen LogP contribution >= 0.6 is 27.5 Å². The van der Waals surface area contributed by atoms with Crippen molar-refractivity contribution >= 4 is 40.7 Å². The SMILES string of the molecule is CC1(C)OB(C(F)=Cc2cc(C(F)(F)F)nc(Br)c2Cl)OC1(C)C. The first kappa shape index (κ1) is 19.7. The van der Waals surface area contributed by atoms with Crippen molar-refractivity contribution in [2.24, 2.45) is 0 Å². The maximum Gasteiger partial charge on any atom is 0.525 e. The zero-order chi connectivity index (χ0) is 18.5. The van der Waals surface area contributed by atoms with Crippen molar-refractivity contribution in [1.29, 1.82) is 0 Å². The Labute approximate surface area is 150 Å². The van der Waals surface area contributed by atoms with Gasteiger partial charge in [0, 0.05) is 0 Å². The number of nitrogens with zero attached hydrogens (tertiary/aromatic N) is 1. The monoisotopic (exact) mass is 429 g/mol. The van der Waals surface area contributed by atoms with Crippen LogP contribution in [-0.2, 0) is 15.5 Å². The zero-order valence-electron chi connectivity index (χ0n) is 13.3. The fourth-order valence-corrected chi connectivity index (χ4v) is 2.51. The van der Waals surface area contributed by atoms with Crippen LogP contribution in [0.4, 0.5) is 17.6 Å². The highest BCUT2D eigenvalue weighted by atomic mass is 79.9. The van der Waals surface area contributed by atoms with Gasteiger partial charge in [-0.05, 0) is 61.3 Å². The Hall–Kier alpha value is -0.635. The summed E-state index contributed by atoms with van der Waals surface area (Å²) in [6.45, 7) is 6.94. The lowest BCUT2D eigenvalue weighted by molar-refractivity contribution is -0.141. The van der Waals surface area contributed by atoms with Crippen molar-refractivity contribution in [3.8, 4) is 0 Å². The Balaban J connectivity index is 2.40. The number of alkyl halides is 3. The van der Waals surface area contributed by atoms with E-state index in [9.17, 15) is 17.6 Å². The minimum Gasteiger partial charge on any atom is -0.398 e. The van der Waals surface area contributed by atoms with Crippen LogP contribution in [0, 0.1) is 0 Å². The summed E-state index contributed by atoms with van der Waals surface area (Å²) < 4.78 is 63.7. The van der Waals surface area contributed by atoms with Crippen molar-refractivity contribution in [2.45, 2.75) is 45.1 Å². The van der Waals surface area contributed by atoms with Crippen LogP contribution in [-0.4, -0.2) is 23.3 Å². The summed E-state index contributed by atoms with van der Waals surface area (Å²) in [6.07, 6.45) is -3.83. The van der Waals surface area contributed by atoms with E-state index in [1.54, 1.807) is 27.7 Å². The maximum absolute atomic E-state index is 14.5. The molecular formula is C14H14BBrClF4NO2. The van der Waals surface area contributed by atoms with Crippen LogP contribution in [0.25, 0.3) is 6.08 Å². The van der Waals surface area contributed by atoms with Crippen molar-refractivity contribution in [2.75, 3.05) is 0 Å². The molecule has 0 saturated carbocycles.